The van der Waals surface area contributed by atoms with E-state index in [4.69, 9.17) is 0 Å². The fourth-order valence-corrected chi connectivity index (χ4v) is 1.34. The Kier molecular flexibility index (Phi) is 11.0. The molecule has 0 saturated heterocycles. The fourth-order valence-electron chi connectivity index (χ4n) is 1.34. The number of rotatable bonds is 6. The summed E-state index contributed by atoms with van der Waals surface area (Å²) >= 11 is 0. The standard InChI is InChI=1S/C9H18O.C5H8O2/c1-7(2)5-9(10)6-8(3)4;1-4(6)3-5(2)7/h7-8H,5-6H2,1-4H3;3H2,1-2H3. The van der Waals surface area contributed by atoms with Gasteiger partial charge in [0.1, 0.15) is 17.3 Å². The molecule has 100 valence electrons. The van der Waals surface area contributed by atoms with Gasteiger partial charge >= 0.3 is 0 Å². The highest BCUT2D eigenvalue weighted by molar-refractivity contribution is 5.96. The van der Waals surface area contributed by atoms with Gasteiger partial charge < -0.3 is 0 Å². The normalized spacial score (nSPS) is 9.88. The van der Waals surface area contributed by atoms with Crippen LogP contribution in [0.3, 0.4) is 0 Å². The second-order valence-electron chi connectivity index (χ2n) is 5.32. The van der Waals surface area contributed by atoms with Crippen molar-refractivity contribution in [2.45, 2.75) is 60.8 Å². The average Bonchev–Trinajstić information content (AvgIpc) is 1.97. The molecule has 0 aromatic heterocycles. The van der Waals surface area contributed by atoms with E-state index in [1.54, 1.807) is 0 Å². The van der Waals surface area contributed by atoms with Gasteiger partial charge in [-0.15, -0.1) is 0 Å². The molecule has 0 fully saturated rings. The van der Waals surface area contributed by atoms with Crippen molar-refractivity contribution in [3.05, 3.63) is 0 Å². The Morgan fingerprint density at radius 3 is 1.18 bits per heavy atom. The summed E-state index contributed by atoms with van der Waals surface area (Å²) in [5.41, 5.74) is 0. The molecule has 0 bridgehead atoms. The third kappa shape index (κ3) is 21.0. The van der Waals surface area contributed by atoms with Crippen molar-refractivity contribution >= 4 is 17.3 Å². The van der Waals surface area contributed by atoms with E-state index in [-0.39, 0.29) is 18.0 Å². The molecule has 0 spiro atoms. The molecule has 0 aliphatic rings. The highest BCUT2D eigenvalue weighted by Crippen LogP contribution is 2.07. The van der Waals surface area contributed by atoms with Crippen LogP contribution in [-0.2, 0) is 14.4 Å². The molecule has 0 N–H and O–H groups in total. The molecule has 0 amide bonds. The molecule has 3 heteroatoms. The van der Waals surface area contributed by atoms with Crippen LogP contribution in [-0.4, -0.2) is 17.3 Å². The summed E-state index contributed by atoms with van der Waals surface area (Å²) in [6, 6.07) is 0. The van der Waals surface area contributed by atoms with Gasteiger partial charge in [-0.1, -0.05) is 27.7 Å². The van der Waals surface area contributed by atoms with E-state index >= 15 is 0 Å². The fraction of sp³-hybridized carbons (Fsp3) is 0.786. The lowest BCUT2D eigenvalue weighted by atomic mass is 10.00. The van der Waals surface area contributed by atoms with Crippen molar-refractivity contribution < 1.29 is 14.4 Å². The van der Waals surface area contributed by atoms with Crippen LogP contribution in [0.5, 0.6) is 0 Å². The summed E-state index contributed by atoms with van der Waals surface area (Å²) in [5, 5.41) is 0. The first-order valence-electron chi connectivity index (χ1n) is 6.15. The van der Waals surface area contributed by atoms with Crippen molar-refractivity contribution in [3.63, 3.8) is 0 Å². The van der Waals surface area contributed by atoms with Gasteiger partial charge in [0.15, 0.2) is 0 Å². The minimum atomic E-state index is -0.0625. The van der Waals surface area contributed by atoms with Gasteiger partial charge in [-0.3, -0.25) is 14.4 Å². The van der Waals surface area contributed by atoms with E-state index in [1.807, 2.05) is 0 Å². The van der Waals surface area contributed by atoms with Crippen molar-refractivity contribution in [1.29, 1.82) is 0 Å². The largest absolute Gasteiger partial charge is 0.300 e. The SMILES string of the molecule is CC(=O)CC(C)=O.CC(C)CC(=O)CC(C)C. The lowest BCUT2D eigenvalue weighted by Crippen LogP contribution is -2.05. The molecule has 0 atom stereocenters. The van der Waals surface area contributed by atoms with Crippen LogP contribution < -0.4 is 0 Å². The van der Waals surface area contributed by atoms with Crippen LogP contribution in [0.25, 0.3) is 0 Å². The second kappa shape index (κ2) is 10.2. The van der Waals surface area contributed by atoms with Crippen LogP contribution in [0.2, 0.25) is 0 Å². The van der Waals surface area contributed by atoms with E-state index in [2.05, 4.69) is 27.7 Å². The predicted molar refractivity (Wildman–Crippen MR) is 69.9 cm³/mol. The molecule has 3 nitrogen and oxygen atoms in total. The molecule has 0 saturated carbocycles. The summed E-state index contributed by atoms with van der Waals surface area (Å²) in [6.07, 6.45) is 1.58. The molecule has 0 aliphatic heterocycles. The van der Waals surface area contributed by atoms with E-state index in [0.717, 1.165) is 12.8 Å². The maximum absolute atomic E-state index is 11.1. The zero-order valence-corrected chi connectivity index (χ0v) is 12.0. The van der Waals surface area contributed by atoms with Crippen LogP contribution in [0.4, 0.5) is 0 Å². The average molecular weight is 242 g/mol. The zero-order chi connectivity index (χ0) is 14.0. The number of hydrogen-bond acceptors (Lipinski definition) is 3. The lowest BCUT2D eigenvalue weighted by Gasteiger charge is -2.05. The van der Waals surface area contributed by atoms with Gasteiger partial charge in [-0.2, -0.15) is 0 Å². The molecule has 0 radical (unpaired) electrons. The maximum Gasteiger partial charge on any atom is 0.137 e. The number of hydrogen-bond donors (Lipinski definition) is 0. The number of carbonyl (C=O) groups excluding carboxylic acids is 3. The zero-order valence-electron chi connectivity index (χ0n) is 12.0. The van der Waals surface area contributed by atoms with Gasteiger partial charge in [0, 0.05) is 12.8 Å². The molecular formula is C14H26O3. The third-order valence-electron chi connectivity index (χ3n) is 1.77. The molecule has 0 heterocycles. The first kappa shape index (κ1) is 18.4. The van der Waals surface area contributed by atoms with Gasteiger partial charge in [0.25, 0.3) is 0 Å². The first-order valence-corrected chi connectivity index (χ1v) is 6.15. The van der Waals surface area contributed by atoms with E-state index in [1.165, 1.54) is 13.8 Å². The minimum Gasteiger partial charge on any atom is -0.300 e. The topological polar surface area (TPSA) is 51.2 Å². The number of Topliss-reactive ketones (excluding diaryl/α,β-unsaturated/α-hetero) is 3. The Balaban J connectivity index is 0. The Morgan fingerprint density at radius 2 is 1.06 bits per heavy atom. The molecule has 0 unspecified atom stereocenters. The van der Waals surface area contributed by atoms with E-state index in [0.29, 0.717) is 17.6 Å². The Bertz CT molecular complexity index is 228. The monoisotopic (exact) mass is 242 g/mol. The molecule has 0 aliphatic carbocycles. The predicted octanol–water partition coefficient (Wildman–Crippen LogP) is 3.20. The Hall–Kier alpha value is -0.990. The summed E-state index contributed by atoms with van der Waals surface area (Å²) < 4.78 is 0. The van der Waals surface area contributed by atoms with E-state index < -0.39 is 0 Å². The molecule has 0 aromatic carbocycles. The highest BCUT2D eigenvalue weighted by atomic mass is 16.1. The van der Waals surface area contributed by atoms with Gasteiger partial charge in [0.05, 0.1) is 6.42 Å². The van der Waals surface area contributed by atoms with Gasteiger partial charge in [-0.25, -0.2) is 0 Å². The number of carbonyl (C=O) groups is 3. The summed E-state index contributed by atoms with van der Waals surface area (Å²) in [5.74, 6) is 1.32. The van der Waals surface area contributed by atoms with Crippen molar-refractivity contribution in [3.8, 4) is 0 Å². The molecule has 0 aromatic rings. The van der Waals surface area contributed by atoms with Crippen molar-refractivity contribution in [1.82, 2.24) is 0 Å². The van der Waals surface area contributed by atoms with Crippen molar-refractivity contribution in [2.75, 3.05) is 0 Å². The van der Waals surface area contributed by atoms with Gasteiger partial charge in [-0.05, 0) is 25.7 Å². The number of ketones is 3. The summed E-state index contributed by atoms with van der Waals surface area (Å²) in [4.78, 5) is 31.1. The van der Waals surface area contributed by atoms with Crippen molar-refractivity contribution in [2.24, 2.45) is 11.8 Å². The molecule has 0 rings (SSSR count). The Morgan fingerprint density at radius 1 is 0.765 bits per heavy atom. The second-order valence-corrected chi connectivity index (χ2v) is 5.32. The summed E-state index contributed by atoms with van der Waals surface area (Å²) in [6.45, 7) is 11.1. The van der Waals surface area contributed by atoms with E-state index in [9.17, 15) is 14.4 Å². The van der Waals surface area contributed by atoms with Crippen LogP contribution >= 0.6 is 0 Å². The molecule has 17 heavy (non-hydrogen) atoms. The molecular weight excluding hydrogens is 216 g/mol. The van der Waals surface area contributed by atoms with Crippen LogP contribution in [0.15, 0.2) is 0 Å². The maximum atomic E-state index is 11.1. The quantitative estimate of drug-likeness (QED) is 0.672. The van der Waals surface area contributed by atoms with Crippen LogP contribution in [0, 0.1) is 11.8 Å². The Labute approximate surface area is 105 Å². The third-order valence-corrected chi connectivity index (χ3v) is 1.77. The first-order chi connectivity index (χ1) is 7.65. The van der Waals surface area contributed by atoms with Gasteiger partial charge in [0.2, 0.25) is 0 Å². The smallest absolute Gasteiger partial charge is 0.137 e. The minimum absolute atomic E-state index is 0.0625. The lowest BCUT2D eigenvalue weighted by molar-refractivity contribution is -0.124. The highest BCUT2D eigenvalue weighted by Gasteiger charge is 2.06. The van der Waals surface area contributed by atoms with Crippen LogP contribution in [0.1, 0.15) is 60.8 Å². The summed E-state index contributed by atoms with van der Waals surface area (Å²) in [7, 11) is 0.